The van der Waals surface area contributed by atoms with Crippen molar-refractivity contribution in [3.8, 4) is 11.5 Å². The summed E-state index contributed by atoms with van der Waals surface area (Å²) in [6, 6.07) is 3.90. The number of halogens is 1. The maximum Gasteiger partial charge on any atom is 0.171 e. The van der Waals surface area contributed by atoms with Crippen molar-refractivity contribution in [3.05, 3.63) is 22.2 Å². The molecular weight excluding hydrogens is 326 g/mol. The van der Waals surface area contributed by atoms with Crippen LogP contribution in [-0.2, 0) is 16.0 Å². The van der Waals surface area contributed by atoms with Crippen LogP contribution in [0.2, 0.25) is 0 Å². The Morgan fingerprint density at radius 2 is 1.60 bits per heavy atom. The summed E-state index contributed by atoms with van der Waals surface area (Å²) in [7, 11) is 6.49. The second-order valence-corrected chi connectivity index (χ2v) is 5.16. The van der Waals surface area contributed by atoms with Gasteiger partial charge >= 0.3 is 0 Å². The van der Waals surface area contributed by atoms with E-state index >= 15 is 0 Å². The van der Waals surface area contributed by atoms with Crippen molar-refractivity contribution in [1.29, 1.82) is 0 Å². The lowest BCUT2D eigenvalue weighted by Gasteiger charge is -2.22. The smallest absolute Gasteiger partial charge is 0.171 e. The van der Waals surface area contributed by atoms with Crippen molar-refractivity contribution in [2.45, 2.75) is 25.8 Å². The number of benzene rings is 1. The summed E-state index contributed by atoms with van der Waals surface area (Å²) in [5, 5.41) is 3.35. The van der Waals surface area contributed by atoms with E-state index in [-0.39, 0.29) is 12.3 Å². The third-order valence-corrected chi connectivity index (χ3v) is 3.78. The largest absolute Gasteiger partial charge is 0.493 e. The standard InChI is InChI=1S/C14H22BrNO4/c1-9(14(19-4)20-5)16-8-10-6-12(17-2)13(18-3)7-11(10)15/h6-7,9,14,16H,8H2,1-5H3. The van der Waals surface area contributed by atoms with Gasteiger partial charge in [-0.3, -0.25) is 0 Å². The molecule has 0 aromatic heterocycles. The van der Waals surface area contributed by atoms with Gasteiger partial charge in [0.2, 0.25) is 0 Å². The quantitative estimate of drug-likeness (QED) is 0.732. The fourth-order valence-electron chi connectivity index (χ4n) is 1.90. The summed E-state index contributed by atoms with van der Waals surface area (Å²) in [5.74, 6) is 1.40. The second-order valence-electron chi connectivity index (χ2n) is 4.31. The molecule has 1 N–H and O–H groups in total. The van der Waals surface area contributed by atoms with Gasteiger partial charge in [0.15, 0.2) is 17.8 Å². The SMILES string of the molecule is COc1cc(Br)c(CNC(C)C(OC)OC)cc1OC. The minimum absolute atomic E-state index is 0.0602. The van der Waals surface area contributed by atoms with E-state index in [1.54, 1.807) is 28.4 Å². The minimum Gasteiger partial charge on any atom is -0.493 e. The molecule has 1 unspecified atom stereocenters. The molecule has 114 valence electrons. The lowest BCUT2D eigenvalue weighted by atomic mass is 10.2. The zero-order valence-corrected chi connectivity index (χ0v) is 14.1. The van der Waals surface area contributed by atoms with Gasteiger partial charge < -0.3 is 24.3 Å². The highest BCUT2D eigenvalue weighted by molar-refractivity contribution is 9.10. The molecule has 20 heavy (non-hydrogen) atoms. The topological polar surface area (TPSA) is 49.0 Å². The molecule has 0 amide bonds. The van der Waals surface area contributed by atoms with Crippen molar-refractivity contribution in [2.24, 2.45) is 0 Å². The molecule has 0 aliphatic heterocycles. The van der Waals surface area contributed by atoms with E-state index in [4.69, 9.17) is 18.9 Å². The first-order valence-corrected chi connectivity index (χ1v) is 7.06. The number of rotatable bonds is 8. The monoisotopic (exact) mass is 347 g/mol. The van der Waals surface area contributed by atoms with E-state index in [0.717, 1.165) is 10.0 Å². The summed E-state index contributed by atoms with van der Waals surface area (Å²) >= 11 is 3.53. The number of hydrogen-bond acceptors (Lipinski definition) is 5. The average molecular weight is 348 g/mol. The molecular formula is C14H22BrNO4. The molecule has 1 atom stereocenters. The van der Waals surface area contributed by atoms with Crippen LogP contribution in [0.1, 0.15) is 12.5 Å². The molecule has 0 saturated carbocycles. The summed E-state index contributed by atoms with van der Waals surface area (Å²) in [6.07, 6.45) is -0.283. The minimum atomic E-state index is -0.283. The van der Waals surface area contributed by atoms with Gasteiger partial charge in [0, 0.05) is 25.2 Å². The van der Waals surface area contributed by atoms with Gasteiger partial charge in [-0.25, -0.2) is 0 Å². The van der Waals surface area contributed by atoms with Gasteiger partial charge in [-0.1, -0.05) is 15.9 Å². The number of nitrogens with one attached hydrogen (secondary N) is 1. The molecule has 0 heterocycles. The molecule has 0 fully saturated rings. The zero-order chi connectivity index (χ0) is 15.1. The Hall–Kier alpha value is -0.820. The first kappa shape index (κ1) is 17.2. The molecule has 1 aromatic rings. The Morgan fingerprint density at radius 1 is 1.05 bits per heavy atom. The molecule has 0 spiro atoms. The van der Waals surface area contributed by atoms with Crippen molar-refractivity contribution in [3.63, 3.8) is 0 Å². The number of methoxy groups -OCH3 is 4. The van der Waals surface area contributed by atoms with E-state index in [2.05, 4.69) is 21.2 Å². The zero-order valence-electron chi connectivity index (χ0n) is 12.5. The first-order chi connectivity index (χ1) is 9.57. The lowest BCUT2D eigenvalue weighted by molar-refractivity contribution is -0.119. The predicted molar refractivity (Wildman–Crippen MR) is 81.4 cm³/mol. The van der Waals surface area contributed by atoms with Crippen LogP contribution in [0.3, 0.4) is 0 Å². The Bertz CT molecular complexity index is 424. The Balaban J connectivity index is 2.77. The third-order valence-electron chi connectivity index (χ3n) is 3.04. The fourth-order valence-corrected chi connectivity index (χ4v) is 2.37. The highest BCUT2D eigenvalue weighted by Crippen LogP contribution is 2.33. The van der Waals surface area contributed by atoms with Crippen LogP contribution >= 0.6 is 15.9 Å². The molecule has 1 aromatic carbocycles. The van der Waals surface area contributed by atoms with Crippen LogP contribution < -0.4 is 14.8 Å². The molecule has 1 rings (SSSR count). The highest BCUT2D eigenvalue weighted by Gasteiger charge is 2.16. The van der Waals surface area contributed by atoms with Crippen molar-refractivity contribution in [2.75, 3.05) is 28.4 Å². The maximum atomic E-state index is 5.31. The van der Waals surface area contributed by atoms with E-state index in [9.17, 15) is 0 Å². The average Bonchev–Trinajstić information content (AvgIpc) is 2.46. The van der Waals surface area contributed by atoms with Crippen LogP contribution in [0.25, 0.3) is 0 Å². The van der Waals surface area contributed by atoms with Crippen molar-refractivity contribution >= 4 is 15.9 Å². The molecule has 6 heteroatoms. The Kier molecular flexibility index (Phi) is 7.29. The van der Waals surface area contributed by atoms with Crippen LogP contribution in [0.5, 0.6) is 11.5 Å². The molecule has 0 aliphatic rings. The molecule has 5 nitrogen and oxygen atoms in total. The highest BCUT2D eigenvalue weighted by atomic mass is 79.9. The van der Waals surface area contributed by atoms with E-state index in [1.807, 2.05) is 19.1 Å². The van der Waals surface area contributed by atoms with Crippen LogP contribution in [0.15, 0.2) is 16.6 Å². The van der Waals surface area contributed by atoms with Crippen molar-refractivity contribution in [1.82, 2.24) is 5.32 Å². The summed E-state index contributed by atoms with van der Waals surface area (Å²) in [5.41, 5.74) is 1.07. The van der Waals surface area contributed by atoms with E-state index in [1.165, 1.54) is 0 Å². The van der Waals surface area contributed by atoms with Crippen LogP contribution in [0.4, 0.5) is 0 Å². The molecule has 0 bridgehead atoms. The fraction of sp³-hybridized carbons (Fsp3) is 0.571. The van der Waals surface area contributed by atoms with Gasteiger partial charge in [-0.2, -0.15) is 0 Å². The molecule has 0 saturated heterocycles. The van der Waals surface area contributed by atoms with Gasteiger partial charge in [-0.15, -0.1) is 0 Å². The Morgan fingerprint density at radius 3 is 2.10 bits per heavy atom. The number of ether oxygens (including phenoxy) is 4. The molecule has 0 radical (unpaired) electrons. The van der Waals surface area contributed by atoms with Crippen LogP contribution in [0, 0.1) is 0 Å². The van der Waals surface area contributed by atoms with Crippen LogP contribution in [-0.4, -0.2) is 40.8 Å². The maximum absolute atomic E-state index is 5.31. The van der Waals surface area contributed by atoms with Gasteiger partial charge in [0.1, 0.15) is 0 Å². The Labute approximate surface area is 128 Å². The normalized spacial score (nSPS) is 12.6. The van der Waals surface area contributed by atoms with E-state index < -0.39 is 0 Å². The number of hydrogen-bond donors (Lipinski definition) is 1. The summed E-state index contributed by atoms with van der Waals surface area (Å²) in [6.45, 7) is 2.66. The van der Waals surface area contributed by atoms with Gasteiger partial charge in [0.05, 0.1) is 20.3 Å². The van der Waals surface area contributed by atoms with E-state index in [0.29, 0.717) is 18.0 Å². The van der Waals surface area contributed by atoms with Crippen molar-refractivity contribution < 1.29 is 18.9 Å². The van der Waals surface area contributed by atoms with Gasteiger partial charge in [-0.05, 0) is 24.6 Å². The third kappa shape index (κ3) is 4.34. The van der Waals surface area contributed by atoms with Gasteiger partial charge in [0.25, 0.3) is 0 Å². The first-order valence-electron chi connectivity index (χ1n) is 6.26. The predicted octanol–water partition coefficient (Wildman–Crippen LogP) is 2.56. The lowest BCUT2D eigenvalue weighted by Crippen LogP contribution is -2.39. The summed E-state index contributed by atoms with van der Waals surface area (Å²) < 4.78 is 22.0. The second kappa shape index (κ2) is 8.46. The molecule has 0 aliphatic carbocycles. The summed E-state index contributed by atoms with van der Waals surface area (Å²) in [4.78, 5) is 0.